The monoisotopic (exact) mass is 334 g/mol. The molecule has 0 fully saturated rings. The van der Waals surface area contributed by atoms with Crippen LogP contribution in [-0.2, 0) is 6.42 Å². The summed E-state index contributed by atoms with van der Waals surface area (Å²) in [5.41, 5.74) is 1.70. The Balaban J connectivity index is 1.90. The lowest BCUT2D eigenvalue weighted by atomic mass is 10.2. The molecule has 0 unspecified atom stereocenters. The minimum absolute atomic E-state index is 0.0998. The number of rotatable bonds is 5. The Morgan fingerprint density at radius 3 is 2.90 bits per heavy atom. The second-order valence-electron chi connectivity index (χ2n) is 4.22. The molecular weight excluding hydrogens is 320 g/mol. The number of hydrogen-bond donors (Lipinski definition) is 1. The number of aromatic nitrogens is 1. The number of carbonyl (C=O) groups excluding carboxylic acids is 1. The predicted molar refractivity (Wildman–Crippen MR) is 81.0 cm³/mol. The summed E-state index contributed by atoms with van der Waals surface area (Å²) >= 11 is 3.37. The van der Waals surface area contributed by atoms with Gasteiger partial charge in [-0.1, -0.05) is 6.07 Å². The number of methoxy groups -OCH3 is 1. The van der Waals surface area contributed by atoms with Gasteiger partial charge in [0, 0.05) is 24.5 Å². The zero-order chi connectivity index (χ0) is 14.4. The smallest absolute Gasteiger partial charge is 0.251 e. The van der Waals surface area contributed by atoms with E-state index >= 15 is 0 Å². The first kappa shape index (κ1) is 14.5. The fourth-order valence-electron chi connectivity index (χ4n) is 1.78. The first-order chi connectivity index (χ1) is 9.70. The highest BCUT2D eigenvalue weighted by atomic mass is 79.9. The average Bonchev–Trinajstić information content (AvgIpc) is 2.48. The first-order valence-corrected chi connectivity index (χ1v) is 7.00. The van der Waals surface area contributed by atoms with Crippen LogP contribution in [0.1, 0.15) is 15.9 Å². The summed E-state index contributed by atoms with van der Waals surface area (Å²) in [6.07, 6.45) is 4.30. The van der Waals surface area contributed by atoms with E-state index in [1.807, 2.05) is 12.1 Å². The zero-order valence-corrected chi connectivity index (χ0v) is 12.7. The standard InChI is InChI=1S/C15H15BrN2O2/c1-20-14-5-4-12(9-13(14)16)15(19)18-8-6-11-3-2-7-17-10-11/h2-5,7,9-10H,6,8H2,1H3,(H,18,19). The summed E-state index contributed by atoms with van der Waals surface area (Å²) < 4.78 is 5.90. The van der Waals surface area contributed by atoms with Crippen molar-refractivity contribution in [3.05, 3.63) is 58.3 Å². The molecule has 1 heterocycles. The van der Waals surface area contributed by atoms with Gasteiger partial charge in [0.25, 0.3) is 5.91 Å². The number of ether oxygens (including phenoxy) is 1. The number of halogens is 1. The van der Waals surface area contributed by atoms with Gasteiger partial charge in [0.2, 0.25) is 0 Å². The molecule has 1 amide bonds. The van der Waals surface area contributed by atoms with Gasteiger partial charge in [-0.25, -0.2) is 0 Å². The zero-order valence-electron chi connectivity index (χ0n) is 11.1. The highest BCUT2D eigenvalue weighted by molar-refractivity contribution is 9.10. The van der Waals surface area contributed by atoms with E-state index in [2.05, 4.69) is 26.2 Å². The van der Waals surface area contributed by atoms with Crippen molar-refractivity contribution in [1.82, 2.24) is 10.3 Å². The molecule has 0 aliphatic rings. The van der Waals surface area contributed by atoms with Crippen LogP contribution in [0.15, 0.2) is 47.2 Å². The van der Waals surface area contributed by atoms with Gasteiger partial charge in [0.15, 0.2) is 0 Å². The molecule has 1 N–H and O–H groups in total. The lowest BCUT2D eigenvalue weighted by Crippen LogP contribution is -2.25. The SMILES string of the molecule is COc1ccc(C(=O)NCCc2cccnc2)cc1Br. The average molecular weight is 335 g/mol. The van der Waals surface area contributed by atoms with Crippen molar-refractivity contribution in [1.29, 1.82) is 0 Å². The number of benzene rings is 1. The molecule has 5 heteroatoms. The molecule has 0 aliphatic heterocycles. The summed E-state index contributed by atoms with van der Waals surface area (Å²) in [7, 11) is 1.59. The Morgan fingerprint density at radius 1 is 1.40 bits per heavy atom. The van der Waals surface area contributed by atoms with Crippen LogP contribution in [0.4, 0.5) is 0 Å². The van der Waals surface area contributed by atoms with E-state index in [4.69, 9.17) is 4.74 Å². The van der Waals surface area contributed by atoms with Crippen molar-refractivity contribution >= 4 is 21.8 Å². The molecule has 0 radical (unpaired) electrons. The van der Waals surface area contributed by atoms with Crippen molar-refractivity contribution in [2.75, 3.05) is 13.7 Å². The van der Waals surface area contributed by atoms with E-state index in [0.29, 0.717) is 17.9 Å². The molecule has 0 bridgehead atoms. The molecule has 0 saturated carbocycles. The van der Waals surface area contributed by atoms with Crippen molar-refractivity contribution in [2.24, 2.45) is 0 Å². The molecule has 0 spiro atoms. The third-order valence-corrected chi connectivity index (χ3v) is 3.46. The Labute approximate surface area is 126 Å². The van der Waals surface area contributed by atoms with Crippen LogP contribution < -0.4 is 10.1 Å². The molecular formula is C15H15BrN2O2. The van der Waals surface area contributed by atoms with Crippen molar-refractivity contribution in [3.63, 3.8) is 0 Å². The van der Waals surface area contributed by atoms with Crippen LogP contribution in [0.5, 0.6) is 5.75 Å². The van der Waals surface area contributed by atoms with Gasteiger partial charge >= 0.3 is 0 Å². The number of pyridine rings is 1. The van der Waals surface area contributed by atoms with Gasteiger partial charge in [-0.3, -0.25) is 9.78 Å². The molecule has 4 nitrogen and oxygen atoms in total. The van der Waals surface area contributed by atoms with Crippen LogP contribution in [0.25, 0.3) is 0 Å². The molecule has 2 aromatic rings. The van der Waals surface area contributed by atoms with Crippen LogP contribution in [0, 0.1) is 0 Å². The second kappa shape index (κ2) is 7.05. The molecule has 1 aromatic heterocycles. The van der Waals surface area contributed by atoms with Crippen LogP contribution in [0.3, 0.4) is 0 Å². The van der Waals surface area contributed by atoms with E-state index in [-0.39, 0.29) is 5.91 Å². The third kappa shape index (κ3) is 3.81. The molecule has 0 atom stereocenters. The largest absolute Gasteiger partial charge is 0.496 e. The molecule has 2 rings (SSSR count). The Hall–Kier alpha value is -1.88. The third-order valence-electron chi connectivity index (χ3n) is 2.84. The Kier molecular flexibility index (Phi) is 5.12. The summed E-state index contributed by atoms with van der Waals surface area (Å²) in [5.74, 6) is 0.606. The normalized spacial score (nSPS) is 10.1. The van der Waals surface area contributed by atoms with Gasteiger partial charge in [0.1, 0.15) is 5.75 Å². The molecule has 104 valence electrons. The summed E-state index contributed by atoms with van der Waals surface area (Å²) in [6, 6.07) is 9.13. The maximum atomic E-state index is 12.0. The highest BCUT2D eigenvalue weighted by Gasteiger charge is 2.08. The number of amides is 1. The summed E-state index contributed by atoms with van der Waals surface area (Å²) in [6.45, 7) is 0.578. The van der Waals surface area contributed by atoms with Gasteiger partial charge in [-0.15, -0.1) is 0 Å². The van der Waals surface area contributed by atoms with Crippen molar-refractivity contribution < 1.29 is 9.53 Å². The number of nitrogens with zero attached hydrogens (tertiary/aromatic N) is 1. The molecule has 0 aliphatic carbocycles. The number of hydrogen-bond acceptors (Lipinski definition) is 3. The Bertz CT molecular complexity index is 588. The predicted octanol–water partition coefficient (Wildman–Crippen LogP) is 2.83. The van der Waals surface area contributed by atoms with Crippen molar-refractivity contribution in [2.45, 2.75) is 6.42 Å². The van der Waals surface area contributed by atoms with E-state index < -0.39 is 0 Å². The van der Waals surface area contributed by atoms with E-state index in [1.165, 1.54) is 0 Å². The first-order valence-electron chi connectivity index (χ1n) is 6.21. The fraction of sp³-hybridized carbons (Fsp3) is 0.200. The maximum Gasteiger partial charge on any atom is 0.251 e. The summed E-state index contributed by atoms with van der Waals surface area (Å²) in [4.78, 5) is 16.0. The number of carbonyl (C=O) groups is 1. The van der Waals surface area contributed by atoms with Gasteiger partial charge in [-0.05, 0) is 52.2 Å². The lowest BCUT2D eigenvalue weighted by molar-refractivity contribution is 0.0954. The minimum Gasteiger partial charge on any atom is -0.496 e. The van der Waals surface area contributed by atoms with Crippen LogP contribution in [0.2, 0.25) is 0 Å². The summed E-state index contributed by atoms with van der Waals surface area (Å²) in [5, 5.41) is 2.88. The van der Waals surface area contributed by atoms with E-state index in [0.717, 1.165) is 16.5 Å². The Morgan fingerprint density at radius 2 is 2.25 bits per heavy atom. The van der Waals surface area contributed by atoms with E-state index in [1.54, 1.807) is 37.7 Å². The van der Waals surface area contributed by atoms with Crippen molar-refractivity contribution in [3.8, 4) is 5.75 Å². The quantitative estimate of drug-likeness (QED) is 0.914. The number of nitrogens with one attached hydrogen (secondary N) is 1. The molecule has 20 heavy (non-hydrogen) atoms. The molecule has 0 saturated heterocycles. The van der Waals surface area contributed by atoms with Gasteiger partial charge < -0.3 is 10.1 Å². The fourth-order valence-corrected chi connectivity index (χ4v) is 2.32. The topological polar surface area (TPSA) is 51.2 Å². The van der Waals surface area contributed by atoms with Crippen LogP contribution >= 0.6 is 15.9 Å². The minimum atomic E-state index is -0.0998. The second-order valence-corrected chi connectivity index (χ2v) is 5.07. The van der Waals surface area contributed by atoms with Crippen LogP contribution in [-0.4, -0.2) is 24.5 Å². The lowest BCUT2D eigenvalue weighted by Gasteiger charge is -2.07. The molecule has 1 aromatic carbocycles. The maximum absolute atomic E-state index is 12.0. The van der Waals surface area contributed by atoms with E-state index in [9.17, 15) is 4.79 Å². The van der Waals surface area contributed by atoms with Gasteiger partial charge in [-0.2, -0.15) is 0 Å². The highest BCUT2D eigenvalue weighted by Crippen LogP contribution is 2.25. The van der Waals surface area contributed by atoms with Gasteiger partial charge in [0.05, 0.1) is 11.6 Å².